The molecule has 98 valence electrons. The molecule has 0 unspecified atom stereocenters. The molecule has 0 bridgehead atoms. The molecule has 0 spiro atoms. The molecule has 2 N–H and O–H groups in total. The molecule has 1 aromatic heterocycles. The number of halogens is 1. The Balaban J connectivity index is 0.00000162. The summed E-state index contributed by atoms with van der Waals surface area (Å²) in [7, 11) is 2.14. The Bertz CT molecular complexity index is 550. The van der Waals surface area contributed by atoms with Gasteiger partial charge in [-0.3, -0.25) is 0 Å². The summed E-state index contributed by atoms with van der Waals surface area (Å²) >= 11 is 0. The summed E-state index contributed by atoms with van der Waals surface area (Å²) in [6, 6.07) is 8.38. The third kappa shape index (κ3) is 2.46. The zero-order valence-electron chi connectivity index (χ0n) is 11.3. The van der Waals surface area contributed by atoms with Crippen LogP contribution in [0.3, 0.4) is 0 Å². The second-order valence-electron chi connectivity index (χ2n) is 4.52. The van der Waals surface area contributed by atoms with Crippen molar-refractivity contribution in [2.24, 2.45) is 7.05 Å². The topological polar surface area (TPSA) is 29.9 Å². The normalized spacial score (nSPS) is 10.4. The van der Waals surface area contributed by atoms with Gasteiger partial charge < -0.3 is 29.7 Å². The minimum Gasteiger partial charge on any atom is -1.00 e. The number of fused-ring (bicyclic) bond motifs is 1. The molecule has 2 nitrogen and oxygen atoms in total. The number of para-hydroxylation sites is 1. The lowest BCUT2D eigenvalue weighted by atomic mass is 10.0. The highest BCUT2D eigenvalue weighted by Gasteiger charge is 2.19. The first-order valence-electron chi connectivity index (χ1n) is 6.38. The van der Waals surface area contributed by atoms with Crippen LogP contribution in [0, 0.1) is 0 Å². The predicted molar refractivity (Wildman–Crippen MR) is 72.9 cm³/mol. The van der Waals surface area contributed by atoms with E-state index in [4.69, 9.17) is 5.73 Å². The number of hydrogen-bond donors (Lipinski definition) is 1. The van der Waals surface area contributed by atoms with Crippen molar-refractivity contribution in [2.45, 2.75) is 33.1 Å². The summed E-state index contributed by atoms with van der Waals surface area (Å²) in [5.74, 6) is 0. The van der Waals surface area contributed by atoms with Gasteiger partial charge in [0.1, 0.15) is 7.05 Å². The number of nitrogen functional groups attached to an aromatic ring is 1. The van der Waals surface area contributed by atoms with Crippen LogP contribution in [0.2, 0.25) is 0 Å². The number of nitrogens with two attached hydrogens (primary N) is 1. The zero-order chi connectivity index (χ0) is 12.4. The molecule has 0 aliphatic heterocycles. The van der Waals surface area contributed by atoms with E-state index in [-0.39, 0.29) is 24.0 Å². The molecule has 0 aliphatic rings. The van der Waals surface area contributed by atoms with Crippen molar-refractivity contribution in [3.05, 3.63) is 35.5 Å². The van der Waals surface area contributed by atoms with Gasteiger partial charge in [0.2, 0.25) is 5.52 Å². The summed E-state index contributed by atoms with van der Waals surface area (Å²) in [5.41, 5.74) is 11.2. The first kappa shape index (κ1) is 15.2. The maximum absolute atomic E-state index is 6.32. The summed E-state index contributed by atoms with van der Waals surface area (Å²) in [4.78, 5) is 0. The third-order valence-electron chi connectivity index (χ3n) is 3.47. The third-order valence-corrected chi connectivity index (χ3v) is 3.47. The van der Waals surface area contributed by atoms with Gasteiger partial charge in [-0.05, 0) is 18.9 Å². The average molecular weight is 356 g/mol. The van der Waals surface area contributed by atoms with Crippen LogP contribution in [-0.2, 0) is 19.9 Å². The van der Waals surface area contributed by atoms with E-state index in [0.717, 1.165) is 24.9 Å². The molecule has 0 amide bonds. The maximum Gasteiger partial charge on any atom is 0.214 e. The van der Waals surface area contributed by atoms with E-state index in [1.807, 2.05) is 0 Å². The molecular formula is C15H21IN2. The number of hydrogen-bond acceptors (Lipinski definition) is 1. The smallest absolute Gasteiger partial charge is 0.214 e. The molecular weight excluding hydrogens is 335 g/mol. The highest BCUT2D eigenvalue weighted by atomic mass is 127. The van der Waals surface area contributed by atoms with Crippen LogP contribution in [0.4, 0.5) is 5.69 Å². The molecule has 2 rings (SSSR count). The number of pyridine rings is 1. The number of nitrogens with zero attached hydrogens (tertiary/aromatic N) is 1. The van der Waals surface area contributed by atoms with Crippen molar-refractivity contribution < 1.29 is 28.5 Å². The molecule has 0 atom stereocenters. The van der Waals surface area contributed by atoms with Crippen LogP contribution < -0.4 is 34.3 Å². The maximum atomic E-state index is 6.32. The van der Waals surface area contributed by atoms with E-state index in [2.05, 4.69) is 49.7 Å². The van der Waals surface area contributed by atoms with Gasteiger partial charge in [0.25, 0.3) is 0 Å². The van der Waals surface area contributed by atoms with Crippen molar-refractivity contribution in [3.8, 4) is 0 Å². The minimum absolute atomic E-state index is 0. The largest absolute Gasteiger partial charge is 1.00 e. The molecule has 2 aromatic rings. The summed E-state index contributed by atoms with van der Waals surface area (Å²) in [6.45, 7) is 4.39. The van der Waals surface area contributed by atoms with Crippen LogP contribution in [0.5, 0.6) is 0 Å². The van der Waals surface area contributed by atoms with E-state index in [1.165, 1.54) is 22.2 Å². The first-order chi connectivity index (χ1) is 8.20. The average Bonchev–Trinajstić information content (AvgIpc) is 2.36. The summed E-state index contributed by atoms with van der Waals surface area (Å²) < 4.78 is 2.30. The second kappa shape index (κ2) is 6.36. The lowest BCUT2D eigenvalue weighted by Crippen LogP contribution is -3.00. The Kier molecular flexibility index (Phi) is 5.38. The van der Waals surface area contributed by atoms with Gasteiger partial charge in [-0.2, -0.15) is 4.57 Å². The standard InChI is InChI=1S/C15H20N2.HI/c1-4-8-13-11(5-2)15(16)12-9-6-7-10-14(12)17(13)3;/h6-7,9-10,16H,4-5,8H2,1-3H3;1H. The van der Waals surface area contributed by atoms with Crippen molar-refractivity contribution in [3.63, 3.8) is 0 Å². The Hall–Kier alpha value is -0.840. The number of aromatic nitrogens is 1. The molecule has 3 heteroatoms. The monoisotopic (exact) mass is 356 g/mol. The predicted octanol–water partition coefficient (Wildman–Crippen LogP) is -0.235. The van der Waals surface area contributed by atoms with Crippen LogP contribution >= 0.6 is 0 Å². The number of anilines is 1. The number of rotatable bonds is 3. The second-order valence-corrected chi connectivity index (χ2v) is 4.52. The lowest BCUT2D eigenvalue weighted by Gasteiger charge is -2.11. The number of aryl methyl sites for hydroxylation is 1. The van der Waals surface area contributed by atoms with Crippen molar-refractivity contribution >= 4 is 16.6 Å². The Morgan fingerprint density at radius 3 is 2.44 bits per heavy atom. The van der Waals surface area contributed by atoms with Gasteiger partial charge in [-0.25, -0.2) is 0 Å². The molecule has 0 fully saturated rings. The highest BCUT2D eigenvalue weighted by Crippen LogP contribution is 2.25. The SMILES string of the molecule is CCCc1c(CC)c(N)c2ccccc2[n+]1C.[I-]. The molecule has 1 aromatic carbocycles. The first-order valence-corrected chi connectivity index (χ1v) is 6.38. The molecule has 18 heavy (non-hydrogen) atoms. The van der Waals surface area contributed by atoms with Gasteiger partial charge in [0, 0.05) is 18.1 Å². The fourth-order valence-corrected chi connectivity index (χ4v) is 2.61. The van der Waals surface area contributed by atoms with Gasteiger partial charge in [-0.15, -0.1) is 0 Å². The van der Waals surface area contributed by atoms with E-state index in [0.29, 0.717) is 0 Å². The van der Waals surface area contributed by atoms with Crippen molar-refractivity contribution in [1.82, 2.24) is 0 Å². The van der Waals surface area contributed by atoms with Crippen molar-refractivity contribution in [1.29, 1.82) is 0 Å². The quantitative estimate of drug-likeness (QED) is 0.598. The summed E-state index contributed by atoms with van der Waals surface area (Å²) in [6.07, 6.45) is 3.24. The van der Waals surface area contributed by atoms with Crippen LogP contribution in [0.1, 0.15) is 31.5 Å². The van der Waals surface area contributed by atoms with E-state index < -0.39 is 0 Å². The number of benzene rings is 1. The Morgan fingerprint density at radius 2 is 1.83 bits per heavy atom. The lowest BCUT2D eigenvalue weighted by molar-refractivity contribution is -0.653. The fourth-order valence-electron chi connectivity index (χ4n) is 2.61. The minimum atomic E-state index is 0. The van der Waals surface area contributed by atoms with Crippen LogP contribution in [0.15, 0.2) is 24.3 Å². The Labute approximate surface area is 126 Å². The zero-order valence-corrected chi connectivity index (χ0v) is 13.5. The van der Waals surface area contributed by atoms with Crippen molar-refractivity contribution in [2.75, 3.05) is 5.73 Å². The van der Waals surface area contributed by atoms with Crippen LogP contribution in [0.25, 0.3) is 10.9 Å². The molecule has 0 radical (unpaired) electrons. The van der Waals surface area contributed by atoms with Gasteiger partial charge in [0.05, 0.1) is 11.1 Å². The van der Waals surface area contributed by atoms with Crippen LogP contribution in [-0.4, -0.2) is 0 Å². The molecule has 1 heterocycles. The van der Waals surface area contributed by atoms with Gasteiger partial charge in [-0.1, -0.05) is 26.0 Å². The molecule has 0 saturated carbocycles. The van der Waals surface area contributed by atoms with Gasteiger partial charge in [0.15, 0.2) is 5.69 Å². The van der Waals surface area contributed by atoms with E-state index >= 15 is 0 Å². The van der Waals surface area contributed by atoms with Gasteiger partial charge >= 0.3 is 0 Å². The van der Waals surface area contributed by atoms with E-state index in [9.17, 15) is 0 Å². The van der Waals surface area contributed by atoms with E-state index in [1.54, 1.807) is 0 Å². The fraction of sp³-hybridized carbons (Fsp3) is 0.400. The Morgan fingerprint density at radius 1 is 1.17 bits per heavy atom. The molecule has 0 saturated heterocycles. The molecule has 0 aliphatic carbocycles. The highest BCUT2D eigenvalue weighted by molar-refractivity contribution is 5.89. The summed E-state index contributed by atoms with van der Waals surface area (Å²) in [5, 5.41) is 1.17.